The molecule has 0 saturated heterocycles. The van der Waals surface area contributed by atoms with Crippen molar-refractivity contribution in [3.63, 3.8) is 0 Å². The van der Waals surface area contributed by atoms with E-state index in [1.54, 1.807) is 0 Å². The number of nitrogens with zero attached hydrogens (tertiary/aromatic N) is 3. The summed E-state index contributed by atoms with van der Waals surface area (Å²) >= 11 is 0. The van der Waals surface area contributed by atoms with E-state index in [4.69, 9.17) is 15.0 Å². The highest BCUT2D eigenvalue weighted by molar-refractivity contribution is 6.17. The third-order valence-electron chi connectivity index (χ3n) is 7.86. The molecule has 0 saturated carbocycles. The highest BCUT2D eigenvalue weighted by Crippen LogP contribution is 2.39. The fraction of sp³-hybridized carbons (Fsp3) is 0. The Bertz CT molecular complexity index is 2230. The molecule has 0 amide bonds. The summed E-state index contributed by atoms with van der Waals surface area (Å²) in [5.74, 6) is 0.689. The molecule has 0 bridgehead atoms. The van der Waals surface area contributed by atoms with Gasteiger partial charge in [0.1, 0.15) is 0 Å². The lowest BCUT2D eigenvalue weighted by Crippen LogP contribution is -1.96. The van der Waals surface area contributed by atoms with Crippen LogP contribution in [0.15, 0.2) is 152 Å². The molecular weight excluding hydrogens is 510 g/mol. The molecule has 196 valence electrons. The Hall–Kier alpha value is -5.67. The topological polar surface area (TPSA) is 38.7 Å². The standard InChI is InChI=1S/C39H25N3/c1-4-13-26(14-5-1)30-20-12-21-33-36(30)31-24-23-29(25-35(31)40-38(33)28-17-8-3-9-18-28)39-41-34-22-11-10-19-32(34)37(42-39)27-15-6-2-7-16-27/h1-25H. The average Bonchev–Trinajstić information content (AvgIpc) is 3.08. The van der Waals surface area contributed by atoms with Gasteiger partial charge in [-0.3, -0.25) is 0 Å². The normalized spacial score (nSPS) is 11.3. The summed E-state index contributed by atoms with van der Waals surface area (Å²) in [6.45, 7) is 0. The zero-order valence-corrected chi connectivity index (χ0v) is 22.8. The lowest BCUT2D eigenvalue weighted by atomic mass is 9.92. The van der Waals surface area contributed by atoms with Crippen molar-refractivity contribution in [2.45, 2.75) is 0 Å². The van der Waals surface area contributed by atoms with E-state index in [1.165, 1.54) is 16.5 Å². The van der Waals surface area contributed by atoms with Gasteiger partial charge in [-0.05, 0) is 23.3 Å². The lowest BCUT2D eigenvalue weighted by molar-refractivity contribution is 1.23. The molecule has 2 aromatic heterocycles. The van der Waals surface area contributed by atoms with Crippen molar-refractivity contribution >= 4 is 32.6 Å². The first-order valence-electron chi connectivity index (χ1n) is 14.1. The molecule has 3 nitrogen and oxygen atoms in total. The van der Waals surface area contributed by atoms with Crippen LogP contribution < -0.4 is 0 Å². The van der Waals surface area contributed by atoms with Crippen LogP contribution in [0.3, 0.4) is 0 Å². The SMILES string of the molecule is c1ccc(-c2nc(-c3ccc4c(c3)nc(-c3ccccc3)c3cccc(-c5ccccc5)c34)nc3ccccc23)cc1. The van der Waals surface area contributed by atoms with Crippen LogP contribution in [0.5, 0.6) is 0 Å². The second-order valence-electron chi connectivity index (χ2n) is 10.4. The van der Waals surface area contributed by atoms with E-state index in [-0.39, 0.29) is 0 Å². The first-order chi connectivity index (χ1) is 20.8. The van der Waals surface area contributed by atoms with Crippen molar-refractivity contribution in [3.05, 3.63) is 152 Å². The van der Waals surface area contributed by atoms with Crippen LogP contribution in [-0.4, -0.2) is 15.0 Å². The van der Waals surface area contributed by atoms with Crippen LogP contribution in [0.1, 0.15) is 0 Å². The van der Waals surface area contributed by atoms with Gasteiger partial charge < -0.3 is 0 Å². The van der Waals surface area contributed by atoms with Crippen molar-refractivity contribution in [1.29, 1.82) is 0 Å². The summed E-state index contributed by atoms with van der Waals surface area (Å²) in [6, 6.07) is 52.5. The maximum absolute atomic E-state index is 5.28. The van der Waals surface area contributed by atoms with Crippen LogP contribution in [0.25, 0.3) is 77.6 Å². The van der Waals surface area contributed by atoms with Crippen molar-refractivity contribution in [3.8, 4) is 45.0 Å². The maximum atomic E-state index is 5.28. The van der Waals surface area contributed by atoms with Crippen molar-refractivity contribution in [1.82, 2.24) is 15.0 Å². The molecule has 0 fully saturated rings. The Kier molecular flexibility index (Phi) is 5.79. The largest absolute Gasteiger partial charge is 0.247 e. The smallest absolute Gasteiger partial charge is 0.160 e. The number of fused-ring (bicyclic) bond motifs is 4. The Morgan fingerprint density at radius 3 is 1.64 bits per heavy atom. The number of aromatic nitrogens is 3. The zero-order chi connectivity index (χ0) is 27.9. The highest BCUT2D eigenvalue weighted by atomic mass is 14.9. The molecule has 8 aromatic rings. The first kappa shape index (κ1) is 24.2. The molecule has 0 atom stereocenters. The number of pyridine rings is 1. The van der Waals surface area contributed by atoms with Gasteiger partial charge in [-0.15, -0.1) is 0 Å². The van der Waals surface area contributed by atoms with E-state index < -0.39 is 0 Å². The van der Waals surface area contributed by atoms with E-state index >= 15 is 0 Å². The van der Waals surface area contributed by atoms with Crippen LogP contribution in [0, 0.1) is 0 Å². The molecule has 0 aliphatic carbocycles. The third-order valence-corrected chi connectivity index (χ3v) is 7.86. The molecule has 2 heterocycles. The molecule has 3 heteroatoms. The second kappa shape index (κ2) is 10.1. The summed E-state index contributed by atoms with van der Waals surface area (Å²) in [7, 11) is 0. The van der Waals surface area contributed by atoms with Gasteiger partial charge in [0.05, 0.1) is 22.4 Å². The van der Waals surface area contributed by atoms with E-state index in [9.17, 15) is 0 Å². The summed E-state index contributed by atoms with van der Waals surface area (Å²) in [6.07, 6.45) is 0. The molecule has 0 N–H and O–H groups in total. The molecule has 8 rings (SSSR count). The van der Waals surface area contributed by atoms with Crippen LogP contribution in [0.2, 0.25) is 0 Å². The Morgan fingerprint density at radius 2 is 0.929 bits per heavy atom. The van der Waals surface area contributed by atoms with Gasteiger partial charge in [0.15, 0.2) is 5.82 Å². The summed E-state index contributed by atoms with van der Waals surface area (Å²) in [5.41, 5.74) is 9.21. The van der Waals surface area contributed by atoms with Crippen molar-refractivity contribution in [2.75, 3.05) is 0 Å². The van der Waals surface area contributed by atoms with Crippen LogP contribution in [0.4, 0.5) is 0 Å². The molecular formula is C39H25N3. The third kappa shape index (κ3) is 4.11. The number of para-hydroxylation sites is 1. The predicted molar refractivity (Wildman–Crippen MR) is 174 cm³/mol. The molecule has 6 aromatic carbocycles. The minimum atomic E-state index is 0.689. The van der Waals surface area contributed by atoms with Crippen molar-refractivity contribution in [2.24, 2.45) is 0 Å². The predicted octanol–water partition coefficient (Wildman–Crippen LogP) is 10.00. The van der Waals surface area contributed by atoms with Gasteiger partial charge in [0, 0.05) is 38.2 Å². The molecule has 0 aliphatic heterocycles. The monoisotopic (exact) mass is 535 g/mol. The summed E-state index contributed by atoms with van der Waals surface area (Å²) < 4.78 is 0. The van der Waals surface area contributed by atoms with E-state index in [0.717, 1.165) is 55.3 Å². The van der Waals surface area contributed by atoms with Gasteiger partial charge >= 0.3 is 0 Å². The van der Waals surface area contributed by atoms with Crippen LogP contribution >= 0.6 is 0 Å². The quantitative estimate of drug-likeness (QED) is 0.211. The van der Waals surface area contributed by atoms with E-state index in [1.807, 2.05) is 36.4 Å². The van der Waals surface area contributed by atoms with Gasteiger partial charge in [0.2, 0.25) is 0 Å². The number of hydrogen-bond donors (Lipinski definition) is 0. The van der Waals surface area contributed by atoms with Gasteiger partial charge in [-0.25, -0.2) is 15.0 Å². The number of rotatable bonds is 4. The number of hydrogen-bond acceptors (Lipinski definition) is 3. The number of benzene rings is 6. The molecule has 0 radical (unpaired) electrons. The fourth-order valence-corrected chi connectivity index (χ4v) is 5.89. The zero-order valence-electron chi connectivity index (χ0n) is 22.8. The summed E-state index contributed by atoms with van der Waals surface area (Å²) in [5, 5.41) is 4.48. The Morgan fingerprint density at radius 1 is 0.333 bits per heavy atom. The molecule has 42 heavy (non-hydrogen) atoms. The highest BCUT2D eigenvalue weighted by Gasteiger charge is 2.17. The molecule has 0 unspecified atom stereocenters. The molecule has 0 spiro atoms. The minimum Gasteiger partial charge on any atom is -0.247 e. The summed E-state index contributed by atoms with van der Waals surface area (Å²) in [4.78, 5) is 15.4. The maximum Gasteiger partial charge on any atom is 0.160 e. The second-order valence-corrected chi connectivity index (χ2v) is 10.4. The minimum absolute atomic E-state index is 0.689. The van der Waals surface area contributed by atoms with Gasteiger partial charge in [0.25, 0.3) is 0 Å². The van der Waals surface area contributed by atoms with Crippen molar-refractivity contribution < 1.29 is 0 Å². The lowest BCUT2D eigenvalue weighted by Gasteiger charge is -2.15. The van der Waals surface area contributed by atoms with E-state index in [2.05, 4.69) is 115 Å². The van der Waals surface area contributed by atoms with Gasteiger partial charge in [-0.2, -0.15) is 0 Å². The van der Waals surface area contributed by atoms with Gasteiger partial charge in [-0.1, -0.05) is 140 Å². The van der Waals surface area contributed by atoms with Crippen LogP contribution in [-0.2, 0) is 0 Å². The first-order valence-corrected chi connectivity index (χ1v) is 14.1. The molecule has 0 aliphatic rings. The Balaban J connectivity index is 1.41. The average molecular weight is 536 g/mol. The van der Waals surface area contributed by atoms with E-state index in [0.29, 0.717) is 5.82 Å². The Labute approximate surface area is 243 Å². The fourth-order valence-electron chi connectivity index (χ4n) is 5.89.